The first-order valence-electron chi connectivity index (χ1n) is 5.63. The monoisotopic (exact) mass is 265 g/mol. The van der Waals surface area contributed by atoms with E-state index < -0.39 is 10.7 Å². The highest BCUT2D eigenvalue weighted by molar-refractivity contribution is 5.37. The minimum absolute atomic E-state index is 0.186. The summed E-state index contributed by atoms with van der Waals surface area (Å²) in [6.45, 7) is 2.07. The first-order chi connectivity index (χ1) is 9.01. The van der Waals surface area contributed by atoms with E-state index in [-0.39, 0.29) is 12.2 Å². The Kier molecular flexibility index (Phi) is 3.41. The maximum atomic E-state index is 13.3. The Hall–Kier alpha value is -2.51. The standard InChI is InChI=1S/C11H12FN5O2/c1-2-10-11(13)14-15-16(10)6-7-3-8(12)5-9(4-7)17(18)19/h3-5H,2,6,13H2,1H3. The van der Waals surface area contributed by atoms with Gasteiger partial charge in [0.1, 0.15) is 5.82 Å². The molecule has 0 unspecified atom stereocenters. The number of nitro groups is 1. The molecule has 1 heterocycles. The van der Waals surface area contributed by atoms with Crippen LogP contribution in [0.1, 0.15) is 18.2 Å². The fraction of sp³-hybridized carbons (Fsp3) is 0.273. The van der Waals surface area contributed by atoms with E-state index in [9.17, 15) is 14.5 Å². The number of rotatable bonds is 4. The second-order valence-corrected chi connectivity index (χ2v) is 4.01. The molecule has 0 spiro atoms. The highest BCUT2D eigenvalue weighted by atomic mass is 19.1. The first kappa shape index (κ1) is 12.9. The second kappa shape index (κ2) is 5.01. The van der Waals surface area contributed by atoms with Gasteiger partial charge < -0.3 is 5.73 Å². The topological polar surface area (TPSA) is 99.9 Å². The van der Waals surface area contributed by atoms with Crippen molar-refractivity contribution in [1.29, 1.82) is 0 Å². The Bertz CT molecular complexity index is 626. The Morgan fingerprint density at radius 2 is 2.21 bits per heavy atom. The largest absolute Gasteiger partial charge is 0.381 e. The average molecular weight is 265 g/mol. The summed E-state index contributed by atoms with van der Waals surface area (Å²) >= 11 is 0. The summed E-state index contributed by atoms with van der Waals surface area (Å²) in [4.78, 5) is 10.0. The predicted octanol–water partition coefficient (Wildman–Crippen LogP) is 1.52. The number of hydrogen-bond acceptors (Lipinski definition) is 5. The number of benzene rings is 1. The van der Waals surface area contributed by atoms with Gasteiger partial charge in [-0.3, -0.25) is 10.1 Å². The van der Waals surface area contributed by atoms with Crippen LogP contribution in [0.25, 0.3) is 0 Å². The van der Waals surface area contributed by atoms with Crippen molar-refractivity contribution in [2.75, 3.05) is 5.73 Å². The van der Waals surface area contributed by atoms with Crippen LogP contribution in [0.5, 0.6) is 0 Å². The highest BCUT2D eigenvalue weighted by Gasteiger charge is 2.13. The van der Waals surface area contributed by atoms with Crippen molar-refractivity contribution < 1.29 is 9.31 Å². The van der Waals surface area contributed by atoms with Gasteiger partial charge in [0.25, 0.3) is 5.69 Å². The lowest BCUT2D eigenvalue weighted by Crippen LogP contribution is -2.07. The van der Waals surface area contributed by atoms with Gasteiger partial charge in [-0.1, -0.05) is 12.1 Å². The van der Waals surface area contributed by atoms with Gasteiger partial charge in [0.05, 0.1) is 23.2 Å². The molecule has 0 amide bonds. The highest BCUT2D eigenvalue weighted by Crippen LogP contribution is 2.18. The number of nitrogen functional groups attached to an aromatic ring is 1. The van der Waals surface area contributed by atoms with Gasteiger partial charge in [-0.05, 0) is 18.1 Å². The van der Waals surface area contributed by atoms with Crippen molar-refractivity contribution in [1.82, 2.24) is 15.0 Å². The third kappa shape index (κ3) is 2.67. The molecule has 0 aliphatic rings. The minimum atomic E-state index is -0.657. The van der Waals surface area contributed by atoms with Gasteiger partial charge in [-0.2, -0.15) is 0 Å². The molecule has 100 valence electrons. The van der Waals surface area contributed by atoms with Crippen molar-refractivity contribution in [3.63, 3.8) is 0 Å². The van der Waals surface area contributed by atoms with Crippen LogP contribution in [0, 0.1) is 15.9 Å². The minimum Gasteiger partial charge on any atom is -0.381 e. The smallest absolute Gasteiger partial charge is 0.272 e. The van der Waals surface area contributed by atoms with Gasteiger partial charge >= 0.3 is 0 Å². The van der Waals surface area contributed by atoms with Crippen molar-refractivity contribution in [3.05, 3.63) is 45.4 Å². The number of nitro benzene ring substituents is 1. The Morgan fingerprint density at radius 3 is 2.84 bits per heavy atom. The molecule has 2 rings (SSSR count). The molecule has 0 atom stereocenters. The zero-order valence-electron chi connectivity index (χ0n) is 10.2. The number of halogens is 1. The van der Waals surface area contributed by atoms with Crippen LogP contribution in [0.3, 0.4) is 0 Å². The molecule has 0 radical (unpaired) electrons. The summed E-state index contributed by atoms with van der Waals surface area (Å²) < 4.78 is 14.8. The predicted molar refractivity (Wildman–Crippen MR) is 66.0 cm³/mol. The molecule has 2 aromatic rings. The summed E-state index contributed by atoms with van der Waals surface area (Å²) in [5.74, 6) is -0.344. The van der Waals surface area contributed by atoms with Crippen LogP contribution in [0.15, 0.2) is 18.2 Å². The second-order valence-electron chi connectivity index (χ2n) is 4.01. The number of anilines is 1. The molecular formula is C11H12FN5O2. The summed E-state index contributed by atoms with van der Waals surface area (Å²) in [5.41, 5.74) is 6.50. The van der Waals surface area contributed by atoms with Gasteiger partial charge in [-0.15, -0.1) is 5.10 Å². The lowest BCUT2D eigenvalue weighted by Gasteiger charge is -2.05. The Morgan fingerprint density at radius 1 is 1.47 bits per heavy atom. The summed E-state index contributed by atoms with van der Waals surface area (Å²) in [6.07, 6.45) is 0.621. The molecule has 0 saturated carbocycles. The molecule has 0 bridgehead atoms. The van der Waals surface area contributed by atoms with Gasteiger partial charge in [0, 0.05) is 6.07 Å². The molecule has 0 aliphatic heterocycles. The number of aromatic nitrogens is 3. The van der Waals surface area contributed by atoms with Crippen LogP contribution < -0.4 is 5.73 Å². The van der Waals surface area contributed by atoms with Crippen LogP contribution >= 0.6 is 0 Å². The van der Waals surface area contributed by atoms with Crippen molar-refractivity contribution in [3.8, 4) is 0 Å². The van der Waals surface area contributed by atoms with Crippen LogP contribution in [-0.2, 0) is 13.0 Å². The van der Waals surface area contributed by atoms with E-state index in [2.05, 4.69) is 10.3 Å². The normalized spacial score (nSPS) is 10.6. The van der Waals surface area contributed by atoms with E-state index in [0.29, 0.717) is 23.5 Å². The average Bonchev–Trinajstić information content (AvgIpc) is 2.69. The van der Waals surface area contributed by atoms with E-state index >= 15 is 0 Å². The zero-order chi connectivity index (χ0) is 14.0. The lowest BCUT2D eigenvalue weighted by atomic mass is 10.2. The third-order valence-electron chi connectivity index (χ3n) is 2.69. The van der Waals surface area contributed by atoms with Crippen LogP contribution in [0.2, 0.25) is 0 Å². The van der Waals surface area contributed by atoms with Crippen molar-refractivity contribution in [2.24, 2.45) is 0 Å². The molecule has 0 aliphatic carbocycles. The number of non-ortho nitro benzene ring substituents is 1. The molecule has 0 fully saturated rings. The number of hydrogen-bond donors (Lipinski definition) is 1. The molecular weight excluding hydrogens is 253 g/mol. The van der Waals surface area contributed by atoms with E-state index in [1.54, 1.807) is 0 Å². The molecule has 2 N–H and O–H groups in total. The zero-order valence-corrected chi connectivity index (χ0v) is 10.2. The van der Waals surface area contributed by atoms with Gasteiger partial charge in [-0.25, -0.2) is 9.07 Å². The molecule has 8 heteroatoms. The van der Waals surface area contributed by atoms with Gasteiger partial charge in [0.2, 0.25) is 0 Å². The molecule has 1 aromatic heterocycles. The summed E-state index contributed by atoms with van der Waals surface area (Å²) in [7, 11) is 0. The lowest BCUT2D eigenvalue weighted by molar-refractivity contribution is -0.385. The first-order valence-corrected chi connectivity index (χ1v) is 5.63. The third-order valence-corrected chi connectivity index (χ3v) is 2.69. The maximum absolute atomic E-state index is 13.3. The van der Waals surface area contributed by atoms with Crippen LogP contribution in [0.4, 0.5) is 15.9 Å². The number of nitrogens with zero attached hydrogens (tertiary/aromatic N) is 4. The molecule has 19 heavy (non-hydrogen) atoms. The molecule has 1 aromatic carbocycles. The maximum Gasteiger partial charge on any atom is 0.272 e. The van der Waals surface area contributed by atoms with E-state index in [4.69, 9.17) is 5.73 Å². The quantitative estimate of drug-likeness (QED) is 0.667. The fourth-order valence-corrected chi connectivity index (χ4v) is 1.84. The summed E-state index contributed by atoms with van der Waals surface area (Å²) in [6, 6.07) is 3.41. The fourth-order valence-electron chi connectivity index (χ4n) is 1.84. The van der Waals surface area contributed by atoms with E-state index in [0.717, 1.165) is 6.07 Å². The number of nitrogens with two attached hydrogens (primary N) is 1. The van der Waals surface area contributed by atoms with Gasteiger partial charge in [0.15, 0.2) is 5.82 Å². The van der Waals surface area contributed by atoms with E-state index in [1.165, 1.54) is 16.8 Å². The van der Waals surface area contributed by atoms with Crippen molar-refractivity contribution >= 4 is 11.5 Å². The van der Waals surface area contributed by atoms with Crippen LogP contribution in [-0.4, -0.2) is 19.9 Å². The SMILES string of the molecule is CCc1c(N)nnn1Cc1cc(F)cc([N+](=O)[O-])c1. The Balaban J connectivity index is 2.35. The molecule has 7 nitrogen and oxygen atoms in total. The Labute approximate surface area is 108 Å². The van der Waals surface area contributed by atoms with E-state index in [1.807, 2.05) is 6.92 Å². The van der Waals surface area contributed by atoms with Crippen molar-refractivity contribution in [2.45, 2.75) is 19.9 Å². The molecule has 0 saturated heterocycles. The summed E-state index contributed by atoms with van der Waals surface area (Å²) in [5, 5.41) is 18.2.